The summed E-state index contributed by atoms with van der Waals surface area (Å²) >= 11 is 0. The number of nitrogens with zero attached hydrogens (tertiary/aromatic N) is 1. The van der Waals surface area contributed by atoms with Crippen LogP contribution in [0.4, 0.5) is 0 Å². The second kappa shape index (κ2) is 6.87. The van der Waals surface area contributed by atoms with Gasteiger partial charge in [0.15, 0.2) is 0 Å². The highest BCUT2D eigenvalue weighted by atomic mass is 16.2. The van der Waals surface area contributed by atoms with Gasteiger partial charge in [0.1, 0.15) is 0 Å². The Morgan fingerprint density at radius 3 is 2.67 bits per heavy atom. The lowest BCUT2D eigenvalue weighted by Crippen LogP contribution is -2.45. The fraction of sp³-hybridized carbons (Fsp3) is 0.667. The van der Waals surface area contributed by atoms with Crippen molar-refractivity contribution in [2.75, 3.05) is 13.1 Å². The highest BCUT2D eigenvalue weighted by Crippen LogP contribution is 2.44. The first-order valence-corrected chi connectivity index (χ1v) is 9.75. The lowest BCUT2D eigenvalue weighted by molar-refractivity contribution is -0.127. The molecule has 3 nitrogen and oxygen atoms in total. The average molecular weight is 326 g/mol. The summed E-state index contributed by atoms with van der Waals surface area (Å²) in [6, 6.07) is 9.26. The number of hydrogen-bond donors (Lipinski definition) is 1. The normalized spacial score (nSPS) is 30.6. The molecule has 1 aliphatic heterocycles. The number of nitrogens with one attached hydrogen (secondary N) is 1. The number of piperidine rings is 1. The third kappa shape index (κ3) is 3.51. The minimum atomic E-state index is 0.234. The second-order valence-corrected chi connectivity index (χ2v) is 8.33. The molecule has 2 saturated carbocycles. The predicted octanol–water partition coefficient (Wildman–Crippen LogP) is 3.51. The molecule has 1 aromatic rings. The molecule has 2 bridgehead atoms. The maximum atomic E-state index is 12.6. The fourth-order valence-electron chi connectivity index (χ4n) is 5.14. The number of carbonyl (C=O) groups is 1. The minimum absolute atomic E-state index is 0.234. The summed E-state index contributed by atoms with van der Waals surface area (Å²) in [6.45, 7) is 5.25. The first kappa shape index (κ1) is 16.1. The summed E-state index contributed by atoms with van der Waals surface area (Å²) in [5, 5.41) is 3.39. The van der Waals surface area contributed by atoms with E-state index >= 15 is 0 Å². The number of amides is 1. The predicted molar refractivity (Wildman–Crippen MR) is 96.6 cm³/mol. The Morgan fingerprint density at radius 1 is 1.17 bits per heavy atom. The van der Waals surface area contributed by atoms with E-state index in [0.717, 1.165) is 44.3 Å². The zero-order chi connectivity index (χ0) is 16.5. The van der Waals surface area contributed by atoms with Crippen molar-refractivity contribution in [2.45, 2.75) is 58.0 Å². The van der Waals surface area contributed by atoms with Crippen LogP contribution in [0.15, 0.2) is 24.3 Å². The van der Waals surface area contributed by atoms with Crippen LogP contribution in [0.25, 0.3) is 0 Å². The third-order valence-corrected chi connectivity index (χ3v) is 6.51. The van der Waals surface area contributed by atoms with Gasteiger partial charge in [-0.25, -0.2) is 0 Å². The molecule has 3 aliphatic rings. The number of likely N-dealkylation sites (tertiary alicyclic amines) is 1. The molecular weight excluding hydrogens is 296 g/mol. The van der Waals surface area contributed by atoms with Crippen LogP contribution < -0.4 is 5.32 Å². The molecule has 3 atom stereocenters. The minimum Gasteiger partial charge on any atom is -0.353 e. The third-order valence-electron chi connectivity index (χ3n) is 6.51. The molecule has 4 rings (SSSR count). The molecule has 1 amide bonds. The molecule has 24 heavy (non-hydrogen) atoms. The van der Waals surface area contributed by atoms with Crippen molar-refractivity contribution in [1.29, 1.82) is 0 Å². The Hall–Kier alpha value is -1.35. The highest BCUT2D eigenvalue weighted by Gasteiger charge is 2.40. The number of aryl methyl sites for hydroxylation is 1. The zero-order valence-corrected chi connectivity index (χ0v) is 14.8. The molecule has 1 aromatic carbocycles. The Labute approximate surface area is 145 Å². The number of hydrogen-bond acceptors (Lipinski definition) is 2. The molecule has 0 radical (unpaired) electrons. The summed E-state index contributed by atoms with van der Waals surface area (Å²) in [7, 11) is 0. The lowest BCUT2D eigenvalue weighted by Gasteiger charge is -2.33. The maximum absolute atomic E-state index is 12.6. The van der Waals surface area contributed by atoms with Crippen molar-refractivity contribution in [1.82, 2.24) is 10.2 Å². The van der Waals surface area contributed by atoms with Crippen LogP contribution in [0.5, 0.6) is 0 Å². The van der Waals surface area contributed by atoms with E-state index < -0.39 is 0 Å². The van der Waals surface area contributed by atoms with Gasteiger partial charge in [-0.1, -0.05) is 36.2 Å². The van der Waals surface area contributed by atoms with Crippen LogP contribution in [0.3, 0.4) is 0 Å². The second-order valence-electron chi connectivity index (χ2n) is 8.33. The van der Waals surface area contributed by atoms with Gasteiger partial charge >= 0.3 is 0 Å². The van der Waals surface area contributed by atoms with Crippen LogP contribution in [0, 0.1) is 24.7 Å². The van der Waals surface area contributed by atoms with E-state index in [4.69, 9.17) is 0 Å². The number of carbonyl (C=O) groups excluding carboxylic acids is 1. The van der Waals surface area contributed by atoms with Crippen molar-refractivity contribution in [2.24, 2.45) is 17.8 Å². The van der Waals surface area contributed by atoms with Crippen molar-refractivity contribution in [3.05, 3.63) is 35.4 Å². The first-order valence-electron chi connectivity index (χ1n) is 9.75. The van der Waals surface area contributed by atoms with E-state index in [-0.39, 0.29) is 5.92 Å². The van der Waals surface area contributed by atoms with E-state index in [0.29, 0.717) is 11.9 Å². The summed E-state index contributed by atoms with van der Waals surface area (Å²) < 4.78 is 0. The molecule has 0 aromatic heterocycles. The Balaban J connectivity index is 1.24. The fourth-order valence-corrected chi connectivity index (χ4v) is 5.14. The first-order chi connectivity index (χ1) is 11.7. The van der Waals surface area contributed by atoms with Crippen molar-refractivity contribution < 1.29 is 4.79 Å². The van der Waals surface area contributed by atoms with E-state index in [1.807, 2.05) is 0 Å². The monoisotopic (exact) mass is 326 g/mol. The summed E-state index contributed by atoms with van der Waals surface area (Å²) in [4.78, 5) is 15.1. The zero-order valence-electron chi connectivity index (χ0n) is 14.8. The Kier molecular flexibility index (Phi) is 4.62. The molecule has 0 spiro atoms. The van der Waals surface area contributed by atoms with Crippen LogP contribution in [0.2, 0.25) is 0 Å². The quantitative estimate of drug-likeness (QED) is 0.918. The van der Waals surface area contributed by atoms with Crippen LogP contribution in [-0.2, 0) is 11.3 Å². The van der Waals surface area contributed by atoms with Gasteiger partial charge in [0.2, 0.25) is 5.91 Å². The van der Waals surface area contributed by atoms with Crippen LogP contribution in [0.1, 0.15) is 49.7 Å². The van der Waals surface area contributed by atoms with E-state index in [2.05, 4.69) is 41.4 Å². The molecule has 3 heteroatoms. The number of fused-ring (bicyclic) bond motifs is 2. The standard InChI is InChI=1S/C21H30N2O/c1-15-3-2-4-17(11-15)14-23-9-7-18(8-10-23)21(24)22-20-13-16-5-6-19(20)12-16/h2-4,11,16,18-20H,5-10,12-14H2,1H3,(H,22,24)/t16-,19-,20-/m0/s1. The molecule has 1 heterocycles. The van der Waals surface area contributed by atoms with Crippen molar-refractivity contribution in [3.8, 4) is 0 Å². The summed E-state index contributed by atoms with van der Waals surface area (Å²) in [5.74, 6) is 2.25. The topological polar surface area (TPSA) is 32.3 Å². The van der Waals surface area contributed by atoms with Gasteiger partial charge < -0.3 is 5.32 Å². The highest BCUT2D eigenvalue weighted by molar-refractivity contribution is 5.79. The van der Waals surface area contributed by atoms with Gasteiger partial charge in [0.25, 0.3) is 0 Å². The molecule has 1 saturated heterocycles. The molecule has 0 unspecified atom stereocenters. The van der Waals surface area contributed by atoms with Crippen LogP contribution >= 0.6 is 0 Å². The number of rotatable bonds is 4. The van der Waals surface area contributed by atoms with Crippen LogP contribution in [-0.4, -0.2) is 29.9 Å². The maximum Gasteiger partial charge on any atom is 0.223 e. The molecule has 130 valence electrons. The molecule has 3 fully saturated rings. The Morgan fingerprint density at radius 2 is 2.00 bits per heavy atom. The average Bonchev–Trinajstić information content (AvgIpc) is 3.18. The smallest absolute Gasteiger partial charge is 0.223 e. The van der Waals surface area contributed by atoms with Gasteiger partial charge in [-0.05, 0) is 69.5 Å². The lowest BCUT2D eigenvalue weighted by atomic mass is 9.92. The van der Waals surface area contributed by atoms with Gasteiger partial charge in [-0.15, -0.1) is 0 Å². The van der Waals surface area contributed by atoms with Gasteiger partial charge in [-0.2, -0.15) is 0 Å². The van der Waals surface area contributed by atoms with E-state index in [1.165, 1.54) is 36.8 Å². The molecule has 2 aliphatic carbocycles. The Bertz CT molecular complexity index is 591. The summed E-state index contributed by atoms with van der Waals surface area (Å²) in [5.41, 5.74) is 2.72. The van der Waals surface area contributed by atoms with Crippen molar-refractivity contribution in [3.63, 3.8) is 0 Å². The number of benzene rings is 1. The molecular formula is C21H30N2O. The SMILES string of the molecule is Cc1cccc(CN2CCC(C(=O)N[C@H]3C[C@H]4CC[C@H]3C4)CC2)c1. The van der Waals surface area contributed by atoms with Gasteiger partial charge in [-0.3, -0.25) is 9.69 Å². The largest absolute Gasteiger partial charge is 0.353 e. The van der Waals surface area contributed by atoms with E-state index in [9.17, 15) is 4.79 Å². The van der Waals surface area contributed by atoms with Crippen molar-refractivity contribution >= 4 is 5.91 Å². The van der Waals surface area contributed by atoms with E-state index in [1.54, 1.807) is 0 Å². The van der Waals surface area contributed by atoms with Gasteiger partial charge in [0.05, 0.1) is 0 Å². The molecule has 1 N–H and O–H groups in total. The summed E-state index contributed by atoms with van der Waals surface area (Å²) in [6.07, 6.45) is 7.36. The van der Waals surface area contributed by atoms with Gasteiger partial charge in [0, 0.05) is 18.5 Å².